The summed E-state index contributed by atoms with van der Waals surface area (Å²) in [5.74, 6) is 1.84. The molecule has 3 rings (SSSR count). The average molecular weight is 471 g/mol. The van der Waals surface area contributed by atoms with Crippen molar-refractivity contribution in [1.29, 1.82) is 0 Å². The molecule has 0 amide bonds. The lowest BCUT2D eigenvalue weighted by Gasteiger charge is -2.18. The number of benzene rings is 3. The van der Waals surface area contributed by atoms with Crippen LogP contribution in [0.15, 0.2) is 48.5 Å². The van der Waals surface area contributed by atoms with Crippen LogP contribution in [0.2, 0.25) is 0 Å². The van der Waals surface area contributed by atoms with E-state index in [2.05, 4.69) is 48.5 Å². The van der Waals surface area contributed by atoms with Crippen LogP contribution in [0.5, 0.6) is 11.5 Å². The highest BCUT2D eigenvalue weighted by Crippen LogP contribution is 2.42. The van der Waals surface area contributed by atoms with Crippen LogP contribution in [-0.2, 0) is 18.9 Å². The molecule has 0 aliphatic rings. The molecule has 0 unspecified atom stereocenters. The second-order valence-electron chi connectivity index (χ2n) is 8.07. The molecule has 0 atom stereocenters. The standard InChI is InChI=1S/C28H38O6/c1-29-19-21-31-15-7-9-17-33-27-23-11-3-5-13-25(23)28(26-14-6-4-12-24(26)27)34-18-10-8-16-32-22-20-30-2/h3-6,11-14H,7-10,15-22H2,1-2H3. The lowest BCUT2D eigenvalue weighted by molar-refractivity contribution is 0.0674. The molecule has 0 N–H and O–H groups in total. The molecule has 0 bridgehead atoms. The number of unbranched alkanes of at least 4 members (excludes halogenated alkanes) is 2. The zero-order valence-electron chi connectivity index (χ0n) is 20.6. The van der Waals surface area contributed by atoms with E-state index in [4.69, 9.17) is 28.4 Å². The molecule has 34 heavy (non-hydrogen) atoms. The van der Waals surface area contributed by atoms with Crippen LogP contribution in [0.4, 0.5) is 0 Å². The lowest BCUT2D eigenvalue weighted by atomic mass is 10.0. The molecule has 0 aromatic heterocycles. The smallest absolute Gasteiger partial charge is 0.135 e. The van der Waals surface area contributed by atoms with E-state index in [0.29, 0.717) is 39.6 Å². The van der Waals surface area contributed by atoms with Crippen LogP contribution in [-0.4, -0.2) is 67.1 Å². The van der Waals surface area contributed by atoms with E-state index in [9.17, 15) is 0 Å². The maximum absolute atomic E-state index is 6.34. The Bertz CT molecular complexity index is 839. The normalized spacial score (nSPS) is 11.4. The second-order valence-corrected chi connectivity index (χ2v) is 8.07. The quantitative estimate of drug-likeness (QED) is 0.177. The zero-order valence-corrected chi connectivity index (χ0v) is 20.6. The van der Waals surface area contributed by atoms with Gasteiger partial charge in [-0.2, -0.15) is 0 Å². The van der Waals surface area contributed by atoms with Gasteiger partial charge in [0.05, 0.1) is 39.6 Å². The van der Waals surface area contributed by atoms with Crippen LogP contribution in [0.1, 0.15) is 25.7 Å². The van der Waals surface area contributed by atoms with Crippen molar-refractivity contribution >= 4 is 21.5 Å². The van der Waals surface area contributed by atoms with E-state index in [0.717, 1.165) is 71.9 Å². The van der Waals surface area contributed by atoms with Gasteiger partial charge in [-0.05, 0) is 25.7 Å². The van der Waals surface area contributed by atoms with Crippen LogP contribution >= 0.6 is 0 Å². The first-order valence-electron chi connectivity index (χ1n) is 12.2. The molecule has 0 heterocycles. The molecule has 0 saturated heterocycles. The summed E-state index contributed by atoms with van der Waals surface area (Å²) in [6.45, 7) is 5.26. The van der Waals surface area contributed by atoms with Gasteiger partial charge in [0.25, 0.3) is 0 Å². The van der Waals surface area contributed by atoms with E-state index in [-0.39, 0.29) is 0 Å². The molecule has 3 aromatic carbocycles. The Balaban J connectivity index is 1.65. The molecule has 6 heteroatoms. The number of ether oxygens (including phenoxy) is 6. The number of hydrogen-bond donors (Lipinski definition) is 0. The number of hydrogen-bond acceptors (Lipinski definition) is 6. The molecule has 3 aromatic rings. The molecular formula is C28H38O6. The minimum Gasteiger partial charge on any atom is -0.492 e. The molecule has 0 radical (unpaired) electrons. The van der Waals surface area contributed by atoms with E-state index in [1.54, 1.807) is 14.2 Å². The number of methoxy groups -OCH3 is 2. The largest absolute Gasteiger partial charge is 0.492 e. The Kier molecular flexibility index (Phi) is 12.0. The summed E-state index contributed by atoms with van der Waals surface area (Å²) in [4.78, 5) is 0. The van der Waals surface area contributed by atoms with Gasteiger partial charge in [0.2, 0.25) is 0 Å². The molecule has 0 fully saturated rings. The van der Waals surface area contributed by atoms with Crippen LogP contribution in [0.25, 0.3) is 21.5 Å². The van der Waals surface area contributed by atoms with E-state index in [1.165, 1.54) is 0 Å². The second kappa shape index (κ2) is 15.5. The fourth-order valence-corrected chi connectivity index (χ4v) is 3.81. The summed E-state index contributed by atoms with van der Waals surface area (Å²) in [6, 6.07) is 16.7. The lowest BCUT2D eigenvalue weighted by Crippen LogP contribution is -2.06. The van der Waals surface area contributed by atoms with Crippen molar-refractivity contribution in [2.45, 2.75) is 25.7 Å². The highest BCUT2D eigenvalue weighted by atomic mass is 16.5. The van der Waals surface area contributed by atoms with Crippen molar-refractivity contribution in [3.05, 3.63) is 48.5 Å². The maximum atomic E-state index is 6.34. The van der Waals surface area contributed by atoms with Crippen molar-refractivity contribution in [3.8, 4) is 11.5 Å². The SMILES string of the molecule is COCCOCCCCOc1c2ccccc2c(OCCCCOCCOC)c2ccccc12. The van der Waals surface area contributed by atoms with Gasteiger partial charge in [-0.15, -0.1) is 0 Å². The third kappa shape index (κ3) is 7.84. The van der Waals surface area contributed by atoms with Crippen LogP contribution < -0.4 is 9.47 Å². The Morgan fingerprint density at radius 3 is 1.15 bits per heavy atom. The monoisotopic (exact) mass is 470 g/mol. The van der Waals surface area contributed by atoms with Crippen molar-refractivity contribution in [2.75, 3.05) is 67.1 Å². The maximum Gasteiger partial charge on any atom is 0.135 e. The Hall–Kier alpha value is -2.38. The highest BCUT2D eigenvalue weighted by Gasteiger charge is 2.15. The summed E-state index contributed by atoms with van der Waals surface area (Å²) in [5, 5.41) is 4.32. The van der Waals surface area contributed by atoms with Gasteiger partial charge in [0.1, 0.15) is 11.5 Å². The molecule has 186 valence electrons. The molecule has 0 aliphatic heterocycles. The van der Waals surface area contributed by atoms with Gasteiger partial charge in [-0.1, -0.05) is 48.5 Å². The first-order chi connectivity index (χ1) is 16.9. The molecular weight excluding hydrogens is 432 g/mol. The van der Waals surface area contributed by atoms with Crippen molar-refractivity contribution in [3.63, 3.8) is 0 Å². The fraction of sp³-hybridized carbons (Fsp3) is 0.500. The topological polar surface area (TPSA) is 55.4 Å². The predicted octanol–water partition coefficient (Wildman–Crippen LogP) is 5.64. The van der Waals surface area contributed by atoms with Crippen molar-refractivity contribution < 1.29 is 28.4 Å². The summed E-state index contributed by atoms with van der Waals surface area (Å²) in [5.41, 5.74) is 0. The van der Waals surface area contributed by atoms with E-state index in [1.807, 2.05) is 0 Å². The Morgan fingerprint density at radius 1 is 0.441 bits per heavy atom. The van der Waals surface area contributed by atoms with Crippen LogP contribution in [0.3, 0.4) is 0 Å². The van der Waals surface area contributed by atoms with Gasteiger partial charge in [-0.3, -0.25) is 0 Å². The predicted molar refractivity (Wildman–Crippen MR) is 136 cm³/mol. The zero-order chi connectivity index (χ0) is 23.8. The summed E-state index contributed by atoms with van der Waals surface area (Å²) >= 11 is 0. The third-order valence-electron chi connectivity index (χ3n) is 5.56. The fourth-order valence-electron chi connectivity index (χ4n) is 3.81. The third-order valence-corrected chi connectivity index (χ3v) is 5.56. The van der Waals surface area contributed by atoms with Gasteiger partial charge in [0, 0.05) is 49.0 Å². The summed E-state index contributed by atoms with van der Waals surface area (Å²) in [7, 11) is 3.37. The van der Waals surface area contributed by atoms with Crippen molar-refractivity contribution in [2.24, 2.45) is 0 Å². The first-order valence-corrected chi connectivity index (χ1v) is 12.2. The number of rotatable bonds is 18. The minimum absolute atomic E-state index is 0.630. The van der Waals surface area contributed by atoms with Gasteiger partial charge >= 0.3 is 0 Å². The highest BCUT2D eigenvalue weighted by molar-refractivity contribution is 6.11. The van der Waals surface area contributed by atoms with E-state index < -0.39 is 0 Å². The first kappa shape index (κ1) is 26.2. The van der Waals surface area contributed by atoms with Gasteiger partial charge in [0.15, 0.2) is 0 Å². The van der Waals surface area contributed by atoms with E-state index >= 15 is 0 Å². The van der Waals surface area contributed by atoms with Crippen LogP contribution in [0, 0.1) is 0 Å². The van der Waals surface area contributed by atoms with Crippen molar-refractivity contribution in [1.82, 2.24) is 0 Å². The summed E-state index contributed by atoms with van der Waals surface area (Å²) in [6.07, 6.45) is 3.77. The molecule has 0 spiro atoms. The molecule has 0 aliphatic carbocycles. The van der Waals surface area contributed by atoms with Gasteiger partial charge < -0.3 is 28.4 Å². The summed E-state index contributed by atoms with van der Waals surface area (Å²) < 4.78 is 33.8. The Morgan fingerprint density at radius 2 is 0.794 bits per heavy atom. The average Bonchev–Trinajstić information content (AvgIpc) is 2.87. The molecule has 0 saturated carbocycles. The number of fused-ring (bicyclic) bond motifs is 2. The molecule has 6 nitrogen and oxygen atoms in total. The Labute approximate surface area is 203 Å². The van der Waals surface area contributed by atoms with Gasteiger partial charge in [-0.25, -0.2) is 0 Å². The minimum atomic E-state index is 0.630.